The average molecular weight is 599 g/mol. The summed E-state index contributed by atoms with van der Waals surface area (Å²) in [6.07, 6.45) is 2.05. The van der Waals surface area contributed by atoms with Crippen molar-refractivity contribution in [1.82, 2.24) is 14.3 Å². The molecule has 3 aromatic rings. The molecule has 8 nitrogen and oxygen atoms in total. The summed E-state index contributed by atoms with van der Waals surface area (Å²) in [5, 5.41) is 15.8. The van der Waals surface area contributed by atoms with Crippen LogP contribution in [0.3, 0.4) is 0 Å². The molecule has 0 aliphatic heterocycles. The summed E-state index contributed by atoms with van der Waals surface area (Å²) in [6, 6.07) is 10.2. The summed E-state index contributed by atoms with van der Waals surface area (Å²) in [7, 11) is -0.843. The largest absolute Gasteiger partial charge is 0.465 e. The minimum absolute atomic E-state index is 0.212. The van der Waals surface area contributed by atoms with Gasteiger partial charge in [-0.1, -0.05) is 59.2 Å². The fourth-order valence-electron chi connectivity index (χ4n) is 5.27. The Labute approximate surface area is 247 Å². The first kappa shape index (κ1) is 31.5. The zero-order valence-electron chi connectivity index (χ0n) is 26.6. The lowest BCUT2D eigenvalue weighted by Gasteiger charge is -2.30. The van der Waals surface area contributed by atoms with Crippen LogP contribution < -0.4 is 4.90 Å². The Bertz CT molecular complexity index is 1380. The standard InChI is InChI=1S/C31H50N4O4Si2/c1-31(2)13-12-25-28(20-31)35(22-39-15-17-41(7,8)9)32-29(25)27-18-23-10-11-24(33(3)30(36)37)19-26(23)34(27)21-38-14-16-40(4,5)6/h10-11,18-19H,12-17,20-22H2,1-9H3,(H,36,37). The van der Waals surface area contributed by atoms with Crippen LogP contribution in [0.25, 0.3) is 22.3 Å². The summed E-state index contributed by atoms with van der Waals surface area (Å²) in [5.41, 5.74) is 6.36. The molecule has 1 N–H and O–H groups in total. The molecule has 0 saturated carbocycles. The summed E-state index contributed by atoms with van der Waals surface area (Å²) >= 11 is 0. The van der Waals surface area contributed by atoms with Gasteiger partial charge in [0.2, 0.25) is 0 Å². The van der Waals surface area contributed by atoms with Gasteiger partial charge in [-0.05, 0) is 55.0 Å². The van der Waals surface area contributed by atoms with E-state index in [4.69, 9.17) is 14.6 Å². The van der Waals surface area contributed by atoms with Crippen molar-refractivity contribution in [3.63, 3.8) is 0 Å². The van der Waals surface area contributed by atoms with Gasteiger partial charge in [-0.15, -0.1) is 0 Å². The molecular formula is C31H50N4O4Si2. The first-order valence-electron chi connectivity index (χ1n) is 14.9. The van der Waals surface area contributed by atoms with Gasteiger partial charge in [0.25, 0.3) is 0 Å². The number of benzene rings is 1. The van der Waals surface area contributed by atoms with Crippen LogP contribution in [-0.2, 0) is 35.8 Å². The van der Waals surface area contributed by atoms with Crippen molar-refractivity contribution < 1.29 is 19.4 Å². The molecule has 0 unspecified atom stereocenters. The van der Waals surface area contributed by atoms with E-state index in [9.17, 15) is 9.90 Å². The van der Waals surface area contributed by atoms with Gasteiger partial charge in [0.1, 0.15) is 19.2 Å². The van der Waals surface area contributed by atoms with Crippen molar-refractivity contribution in [2.24, 2.45) is 5.41 Å². The normalized spacial score (nSPS) is 15.3. The van der Waals surface area contributed by atoms with Crippen molar-refractivity contribution in [2.45, 2.75) is 97.9 Å². The highest BCUT2D eigenvalue weighted by Gasteiger charge is 2.32. The van der Waals surface area contributed by atoms with Crippen LogP contribution in [0.1, 0.15) is 31.5 Å². The number of rotatable bonds is 12. The molecule has 2 heterocycles. The Hall–Kier alpha value is -2.41. The minimum atomic E-state index is -1.24. The van der Waals surface area contributed by atoms with Crippen LogP contribution in [0.2, 0.25) is 51.4 Å². The fourth-order valence-corrected chi connectivity index (χ4v) is 6.79. The maximum absolute atomic E-state index is 11.7. The fraction of sp³-hybridized carbons (Fsp3) is 0.613. The van der Waals surface area contributed by atoms with Crippen LogP contribution in [0.5, 0.6) is 0 Å². The van der Waals surface area contributed by atoms with Crippen LogP contribution in [-0.4, -0.2) is 62.0 Å². The van der Waals surface area contributed by atoms with E-state index in [0.717, 1.165) is 60.2 Å². The van der Waals surface area contributed by atoms with Crippen molar-refractivity contribution in [1.29, 1.82) is 0 Å². The smallest absolute Gasteiger partial charge is 0.411 e. The molecule has 1 aliphatic rings. The number of ether oxygens (including phenoxy) is 2. The molecule has 41 heavy (non-hydrogen) atoms. The van der Waals surface area contributed by atoms with Gasteiger partial charge in [0.15, 0.2) is 0 Å². The van der Waals surface area contributed by atoms with E-state index in [-0.39, 0.29) is 5.41 Å². The zero-order valence-corrected chi connectivity index (χ0v) is 28.6. The van der Waals surface area contributed by atoms with E-state index in [1.54, 1.807) is 7.05 Å². The number of carbonyl (C=O) groups is 1. The van der Waals surface area contributed by atoms with Gasteiger partial charge in [-0.25, -0.2) is 9.48 Å². The van der Waals surface area contributed by atoms with Gasteiger partial charge in [-0.3, -0.25) is 4.90 Å². The van der Waals surface area contributed by atoms with Crippen LogP contribution in [0.4, 0.5) is 10.5 Å². The van der Waals surface area contributed by atoms with Gasteiger partial charge >= 0.3 is 6.09 Å². The number of nitrogens with zero attached hydrogens (tertiary/aromatic N) is 4. The van der Waals surface area contributed by atoms with Gasteiger partial charge < -0.3 is 19.1 Å². The summed E-state index contributed by atoms with van der Waals surface area (Å²) < 4.78 is 16.7. The highest BCUT2D eigenvalue weighted by Crippen LogP contribution is 2.40. The quantitative estimate of drug-likeness (QED) is 0.170. The first-order valence-corrected chi connectivity index (χ1v) is 22.3. The van der Waals surface area contributed by atoms with Crippen molar-refractivity contribution in [2.75, 3.05) is 25.2 Å². The van der Waals surface area contributed by atoms with E-state index in [2.05, 4.69) is 68.4 Å². The minimum Gasteiger partial charge on any atom is -0.465 e. The first-order chi connectivity index (χ1) is 19.0. The summed E-state index contributed by atoms with van der Waals surface area (Å²) in [4.78, 5) is 13.0. The number of aromatic nitrogens is 3. The molecule has 226 valence electrons. The van der Waals surface area contributed by atoms with E-state index in [1.807, 2.05) is 18.2 Å². The maximum Gasteiger partial charge on any atom is 0.411 e. The monoisotopic (exact) mass is 598 g/mol. The Morgan fingerprint density at radius 3 is 2.27 bits per heavy atom. The van der Waals surface area contributed by atoms with E-state index < -0.39 is 22.2 Å². The molecular weight excluding hydrogens is 549 g/mol. The molecule has 4 rings (SSSR count). The third kappa shape index (κ3) is 7.91. The van der Waals surface area contributed by atoms with E-state index >= 15 is 0 Å². The molecule has 10 heteroatoms. The highest BCUT2D eigenvalue weighted by atomic mass is 28.3. The lowest BCUT2D eigenvalue weighted by molar-refractivity contribution is 0.0747. The SMILES string of the molecule is CN(C(=O)O)c1ccc2cc(-c3nn(COCC[Si](C)(C)C)c4c3CCC(C)(C)C4)n(COCC[Si](C)(C)C)c2c1. The molecule has 1 amide bonds. The van der Waals surface area contributed by atoms with E-state index in [0.29, 0.717) is 25.8 Å². The van der Waals surface area contributed by atoms with Crippen LogP contribution >= 0.6 is 0 Å². The predicted octanol–water partition coefficient (Wildman–Crippen LogP) is 7.76. The van der Waals surface area contributed by atoms with Gasteiger partial charge in [-0.2, -0.15) is 5.10 Å². The van der Waals surface area contributed by atoms with Crippen molar-refractivity contribution in [3.05, 3.63) is 35.5 Å². The molecule has 0 saturated heterocycles. The predicted molar refractivity (Wildman–Crippen MR) is 174 cm³/mol. The number of hydrogen-bond donors (Lipinski definition) is 1. The molecule has 1 aromatic carbocycles. The number of fused-ring (bicyclic) bond motifs is 2. The lowest BCUT2D eigenvalue weighted by Crippen LogP contribution is -2.25. The number of anilines is 1. The molecule has 0 atom stereocenters. The lowest BCUT2D eigenvalue weighted by atomic mass is 9.76. The van der Waals surface area contributed by atoms with Gasteiger partial charge in [0.05, 0.1) is 11.2 Å². The van der Waals surface area contributed by atoms with Gasteiger partial charge in [0, 0.05) is 58.7 Å². The zero-order chi connectivity index (χ0) is 30.2. The maximum atomic E-state index is 11.7. The van der Waals surface area contributed by atoms with Crippen molar-refractivity contribution >= 4 is 38.8 Å². The highest BCUT2D eigenvalue weighted by molar-refractivity contribution is 6.76. The molecule has 1 aliphatic carbocycles. The Morgan fingerprint density at radius 1 is 1.02 bits per heavy atom. The van der Waals surface area contributed by atoms with E-state index in [1.165, 1.54) is 16.2 Å². The molecule has 0 spiro atoms. The average Bonchev–Trinajstić information content (AvgIpc) is 3.39. The molecule has 0 fully saturated rings. The Morgan fingerprint density at radius 2 is 1.66 bits per heavy atom. The molecule has 2 aromatic heterocycles. The van der Waals surface area contributed by atoms with Crippen LogP contribution in [0, 0.1) is 5.41 Å². The number of carboxylic acid groups (broad SMARTS) is 1. The second-order valence-electron chi connectivity index (χ2n) is 14.9. The third-order valence-corrected chi connectivity index (χ3v) is 11.5. The van der Waals surface area contributed by atoms with Crippen LogP contribution in [0.15, 0.2) is 24.3 Å². The van der Waals surface area contributed by atoms with Crippen molar-refractivity contribution in [3.8, 4) is 11.4 Å². The second-order valence-corrected chi connectivity index (χ2v) is 26.1. The molecule has 0 radical (unpaired) electrons. The number of amides is 1. The summed E-state index contributed by atoms with van der Waals surface area (Å²) in [6.45, 7) is 21.2. The third-order valence-electron chi connectivity index (χ3n) is 8.10. The topological polar surface area (TPSA) is 81.8 Å². The second kappa shape index (κ2) is 12.1. The number of hydrogen-bond acceptors (Lipinski definition) is 4. The Balaban J connectivity index is 1.76. The Kier molecular flexibility index (Phi) is 9.28. The summed E-state index contributed by atoms with van der Waals surface area (Å²) in [5.74, 6) is 0. The molecule has 0 bridgehead atoms.